The van der Waals surface area contributed by atoms with Gasteiger partial charge in [-0.3, -0.25) is 4.79 Å². The van der Waals surface area contributed by atoms with Gasteiger partial charge in [0.1, 0.15) is 0 Å². The average molecular weight is 302 g/mol. The summed E-state index contributed by atoms with van der Waals surface area (Å²) < 4.78 is 0. The van der Waals surface area contributed by atoms with Crippen molar-refractivity contribution in [3.05, 3.63) is 18.5 Å². The van der Waals surface area contributed by atoms with E-state index >= 15 is 0 Å². The number of anilines is 1. The molecule has 22 heavy (non-hydrogen) atoms. The van der Waals surface area contributed by atoms with Gasteiger partial charge in [-0.05, 0) is 37.7 Å². The monoisotopic (exact) mass is 302 g/mol. The summed E-state index contributed by atoms with van der Waals surface area (Å²) in [5, 5.41) is 3.30. The summed E-state index contributed by atoms with van der Waals surface area (Å²) in [6.45, 7) is 3.93. The van der Waals surface area contributed by atoms with Crippen LogP contribution in [-0.4, -0.2) is 35.0 Å². The van der Waals surface area contributed by atoms with Crippen LogP contribution in [0.5, 0.6) is 0 Å². The number of rotatable bonds is 3. The molecule has 1 saturated heterocycles. The van der Waals surface area contributed by atoms with Gasteiger partial charge in [0, 0.05) is 31.5 Å². The van der Waals surface area contributed by atoms with Crippen molar-refractivity contribution in [3.63, 3.8) is 0 Å². The molecule has 2 fully saturated rings. The molecule has 0 unspecified atom stereocenters. The summed E-state index contributed by atoms with van der Waals surface area (Å²) in [6.07, 6.45) is 10.4. The molecule has 1 aromatic rings. The molecule has 2 heterocycles. The first-order valence-corrected chi connectivity index (χ1v) is 8.56. The van der Waals surface area contributed by atoms with Crippen LogP contribution in [0, 0.1) is 11.8 Å². The quantitative estimate of drug-likeness (QED) is 0.931. The number of nitrogens with zero attached hydrogens (tertiary/aromatic N) is 3. The average Bonchev–Trinajstić information content (AvgIpc) is 2.58. The first-order valence-electron chi connectivity index (χ1n) is 8.56. The fraction of sp³-hybridized carbons (Fsp3) is 0.706. The topological polar surface area (TPSA) is 58.1 Å². The van der Waals surface area contributed by atoms with Gasteiger partial charge in [-0.25, -0.2) is 9.97 Å². The molecule has 5 nitrogen and oxygen atoms in total. The normalized spacial score (nSPS) is 29.1. The molecule has 1 amide bonds. The number of amides is 1. The minimum absolute atomic E-state index is 0.0617. The number of hydrogen-bond acceptors (Lipinski definition) is 4. The van der Waals surface area contributed by atoms with Gasteiger partial charge in [-0.2, -0.15) is 0 Å². The molecule has 5 heteroatoms. The molecule has 3 atom stereocenters. The summed E-state index contributed by atoms with van der Waals surface area (Å²) in [5.74, 6) is 1.63. The zero-order chi connectivity index (χ0) is 15.4. The molecule has 1 N–H and O–H groups in total. The van der Waals surface area contributed by atoms with E-state index in [1.807, 2.05) is 6.07 Å². The van der Waals surface area contributed by atoms with Crippen LogP contribution in [0.4, 0.5) is 5.95 Å². The Morgan fingerprint density at radius 1 is 1.18 bits per heavy atom. The second-order valence-electron chi connectivity index (χ2n) is 6.71. The molecule has 1 saturated carbocycles. The van der Waals surface area contributed by atoms with Gasteiger partial charge in [0.25, 0.3) is 0 Å². The van der Waals surface area contributed by atoms with Gasteiger partial charge in [-0.1, -0.05) is 19.8 Å². The third-order valence-electron chi connectivity index (χ3n) is 5.07. The van der Waals surface area contributed by atoms with Crippen molar-refractivity contribution in [2.75, 3.05) is 18.0 Å². The van der Waals surface area contributed by atoms with Crippen LogP contribution in [0.1, 0.15) is 45.4 Å². The lowest BCUT2D eigenvalue weighted by molar-refractivity contribution is -0.126. The fourth-order valence-corrected chi connectivity index (χ4v) is 3.66. The highest BCUT2D eigenvalue weighted by Crippen LogP contribution is 2.25. The number of hydrogen-bond donors (Lipinski definition) is 1. The lowest BCUT2D eigenvalue weighted by Crippen LogP contribution is -2.48. The van der Waals surface area contributed by atoms with Gasteiger partial charge in [0.05, 0.1) is 5.92 Å². The maximum Gasteiger partial charge on any atom is 0.225 e. The van der Waals surface area contributed by atoms with Gasteiger partial charge < -0.3 is 10.2 Å². The maximum absolute atomic E-state index is 12.6. The molecule has 0 aromatic carbocycles. The molecule has 1 aromatic heterocycles. The molecule has 1 aliphatic heterocycles. The van der Waals surface area contributed by atoms with E-state index in [-0.39, 0.29) is 11.8 Å². The van der Waals surface area contributed by atoms with Crippen LogP contribution >= 0.6 is 0 Å². The van der Waals surface area contributed by atoms with Crippen LogP contribution in [0.25, 0.3) is 0 Å². The van der Waals surface area contributed by atoms with E-state index in [1.165, 1.54) is 19.3 Å². The summed E-state index contributed by atoms with van der Waals surface area (Å²) in [5.41, 5.74) is 0. The Hall–Kier alpha value is -1.65. The fourth-order valence-electron chi connectivity index (χ4n) is 3.66. The van der Waals surface area contributed by atoms with Crippen molar-refractivity contribution in [2.45, 2.75) is 51.5 Å². The SMILES string of the molecule is C[C@H]1CCCC[C@H]1NC(=O)[C@@H]1CCCN(c2ncccn2)C1. The number of carbonyl (C=O) groups is 1. The van der Waals surface area contributed by atoms with Crippen molar-refractivity contribution < 1.29 is 4.79 Å². The zero-order valence-corrected chi connectivity index (χ0v) is 13.4. The van der Waals surface area contributed by atoms with Gasteiger partial charge in [0.15, 0.2) is 0 Å². The summed E-state index contributed by atoms with van der Waals surface area (Å²) in [4.78, 5) is 23.4. The van der Waals surface area contributed by atoms with E-state index in [0.29, 0.717) is 12.0 Å². The third-order valence-corrected chi connectivity index (χ3v) is 5.07. The maximum atomic E-state index is 12.6. The highest BCUT2D eigenvalue weighted by atomic mass is 16.2. The Morgan fingerprint density at radius 2 is 1.95 bits per heavy atom. The van der Waals surface area contributed by atoms with E-state index in [0.717, 1.165) is 38.3 Å². The Balaban J connectivity index is 1.58. The predicted octanol–water partition coefficient (Wildman–Crippen LogP) is 2.39. The summed E-state index contributed by atoms with van der Waals surface area (Å²) in [7, 11) is 0. The molecule has 0 radical (unpaired) electrons. The minimum Gasteiger partial charge on any atom is -0.353 e. The Kier molecular flexibility index (Phi) is 4.90. The lowest BCUT2D eigenvalue weighted by Gasteiger charge is -2.35. The highest BCUT2D eigenvalue weighted by Gasteiger charge is 2.30. The largest absolute Gasteiger partial charge is 0.353 e. The molecule has 120 valence electrons. The number of nitrogens with one attached hydrogen (secondary N) is 1. The van der Waals surface area contributed by atoms with Gasteiger partial charge >= 0.3 is 0 Å². The molecular formula is C17H26N4O. The minimum atomic E-state index is 0.0617. The van der Waals surface area contributed by atoms with Crippen molar-refractivity contribution >= 4 is 11.9 Å². The van der Waals surface area contributed by atoms with Crippen LogP contribution < -0.4 is 10.2 Å². The summed E-state index contributed by atoms with van der Waals surface area (Å²) >= 11 is 0. The second-order valence-corrected chi connectivity index (χ2v) is 6.71. The standard InChI is InChI=1S/C17H26N4O/c1-13-6-2-3-8-15(13)20-16(22)14-7-4-11-21(12-14)17-18-9-5-10-19-17/h5,9-10,13-15H,2-4,6-8,11-12H2,1H3,(H,20,22)/t13-,14+,15+/m0/s1. The Bertz CT molecular complexity index is 493. The van der Waals surface area contributed by atoms with Crippen molar-refractivity contribution in [3.8, 4) is 0 Å². The number of carbonyl (C=O) groups excluding carboxylic acids is 1. The van der Waals surface area contributed by atoms with Crippen LogP contribution in [-0.2, 0) is 4.79 Å². The molecule has 3 rings (SSSR count). The predicted molar refractivity (Wildman–Crippen MR) is 86.5 cm³/mol. The van der Waals surface area contributed by atoms with Gasteiger partial charge in [0.2, 0.25) is 11.9 Å². The molecule has 0 spiro atoms. The first-order chi connectivity index (χ1) is 10.7. The Morgan fingerprint density at radius 3 is 2.73 bits per heavy atom. The lowest BCUT2D eigenvalue weighted by atomic mass is 9.85. The number of piperidine rings is 1. The smallest absolute Gasteiger partial charge is 0.225 e. The van der Waals surface area contributed by atoms with E-state index in [1.54, 1.807) is 12.4 Å². The van der Waals surface area contributed by atoms with Crippen molar-refractivity contribution in [2.24, 2.45) is 11.8 Å². The van der Waals surface area contributed by atoms with Crippen LogP contribution in [0.15, 0.2) is 18.5 Å². The van der Waals surface area contributed by atoms with E-state index < -0.39 is 0 Å². The first kappa shape index (κ1) is 15.3. The molecule has 2 aliphatic rings. The second kappa shape index (κ2) is 7.07. The summed E-state index contributed by atoms with van der Waals surface area (Å²) in [6, 6.07) is 2.19. The van der Waals surface area contributed by atoms with Gasteiger partial charge in [-0.15, -0.1) is 0 Å². The van der Waals surface area contributed by atoms with Crippen molar-refractivity contribution in [1.82, 2.24) is 15.3 Å². The van der Waals surface area contributed by atoms with E-state index in [2.05, 4.69) is 27.1 Å². The number of aromatic nitrogens is 2. The third kappa shape index (κ3) is 3.57. The molecular weight excluding hydrogens is 276 g/mol. The van der Waals surface area contributed by atoms with Crippen molar-refractivity contribution in [1.29, 1.82) is 0 Å². The molecule has 0 bridgehead atoms. The van der Waals surface area contributed by atoms with E-state index in [4.69, 9.17) is 0 Å². The van der Waals surface area contributed by atoms with Crippen LogP contribution in [0.2, 0.25) is 0 Å². The van der Waals surface area contributed by atoms with Crippen LogP contribution in [0.3, 0.4) is 0 Å². The van der Waals surface area contributed by atoms with E-state index in [9.17, 15) is 4.79 Å². The zero-order valence-electron chi connectivity index (χ0n) is 13.4. The Labute approximate surface area is 132 Å². The molecule has 1 aliphatic carbocycles. The highest BCUT2D eigenvalue weighted by molar-refractivity contribution is 5.79.